The van der Waals surface area contributed by atoms with E-state index < -0.39 is 0 Å². The van der Waals surface area contributed by atoms with Crippen LogP contribution in [0.5, 0.6) is 0 Å². The molecule has 0 spiro atoms. The first-order valence-electron chi connectivity index (χ1n) is 8.17. The summed E-state index contributed by atoms with van der Waals surface area (Å²) in [6, 6.07) is 7.23. The number of carbonyl (C=O) groups is 2. The van der Waals surface area contributed by atoms with Gasteiger partial charge in [-0.05, 0) is 36.6 Å². The Labute approximate surface area is 138 Å². The zero-order valence-electron chi connectivity index (χ0n) is 14.5. The van der Waals surface area contributed by atoms with Crippen molar-refractivity contribution in [1.29, 1.82) is 0 Å². The number of hydrogen-bond donors (Lipinski definition) is 2. The number of amides is 2. The highest BCUT2D eigenvalue weighted by Crippen LogP contribution is 2.12. The van der Waals surface area contributed by atoms with Gasteiger partial charge in [0.1, 0.15) is 0 Å². The van der Waals surface area contributed by atoms with Crippen LogP contribution in [0.25, 0.3) is 0 Å². The van der Waals surface area contributed by atoms with Crippen molar-refractivity contribution in [2.45, 2.75) is 33.7 Å². The van der Waals surface area contributed by atoms with Crippen LogP contribution >= 0.6 is 0 Å². The number of rotatable bonds is 3. The van der Waals surface area contributed by atoms with E-state index in [1.807, 2.05) is 4.90 Å². The smallest absolute Gasteiger partial charge is 0.253 e. The maximum absolute atomic E-state index is 12.5. The first-order chi connectivity index (χ1) is 10.8. The Morgan fingerprint density at radius 3 is 2.39 bits per heavy atom. The fourth-order valence-corrected chi connectivity index (χ4v) is 2.51. The van der Waals surface area contributed by atoms with Gasteiger partial charge in [-0.3, -0.25) is 9.59 Å². The maximum Gasteiger partial charge on any atom is 0.253 e. The van der Waals surface area contributed by atoms with Gasteiger partial charge in [-0.25, -0.2) is 0 Å². The number of carbonyl (C=O) groups excluding carboxylic acids is 2. The van der Waals surface area contributed by atoms with Gasteiger partial charge in [-0.2, -0.15) is 0 Å². The third-order valence-corrected chi connectivity index (χ3v) is 3.83. The van der Waals surface area contributed by atoms with Crippen molar-refractivity contribution in [3.8, 4) is 0 Å². The van der Waals surface area contributed by atoms with E-state index in [0.29, 0.717) is 30.3 Å². The number of piperazine rings is 1. The van der Waals surface area contributed by atoms with Crippen molar-refractivity contribution in [3.63, 3.8) is 0 Å². The molecule has 0 saturated carbocycles. The molecule has 2 rings (SSSR count). The molecule has 1 heterocycles. The Hall–Kier alpha value is -1.88. The minimum absolute atomic E-state index is 0.0278. The zero-order chi connectivity index (χ0) is 17.0. The van der Waals surface area contributed by atoms with Crippen LogP contribution in [0.4, 0.5) is 0 Å². The fourth-order valence-electron chi connectivity index (χ4n) is 2.51. The molecule has 2 amide bonds. The molecule has 23 heavy (non-hydrogen) atoms. The molecular weight excluding hydrogens is 290 g/mol. The van der Waals surface area contributed by atoms with E-state index in [1.165, 1.54) is 0 Å². The molecule has 1 fully saturated rings. The highest BCUT2D eigenvalue weighted by molar-refractivity contribution is 5.97. The summed E-state index contributed by atoms with van der Waals surface area (Å²) in [7, 11) is 0. The van der Waals surface area contributed by atoms with Gasteiger partial charge in [0, 0.05) is 43.3 Å². The molecule has 126 valence electrons. The van der Waals surface area contributed by atoms with Crippen LogP contribution in [0, 0.1) is 5.41 Å². The van der Waals surface area contributed by atoms with Crippen molar-refractivity contribution in [2.75, 3.05) is 26.2 Å². The molecule has 0 bridgehead atoms. The molecule has 1 atom stereocenters. The second kappa shape index (κ2) is 7.13. The molecule has 5 heteroatoms. The normalized spacial score (nSPS) is 18.6. The van der Waals surface area contributed by atoms with E-state index in [-0.39, 0.29) is 17.2 Å². The first kappa shape index (κ1) is 17.5. The Kier molecular flexibility index (Phi) is 5.42. The lowest BCUT2D eigenvalue weighted by molar-refractivity contribution is 0.0708. The zero-order valence-corrected chi connectivity index (χ0v) is 14.5. The van der Waals surface area contributed by atoms with Crippen molar-refractivity contribution in [1.82, 2.24) is 15.5 Å². The lowest BCUT2D eigenvalue weighted by Gasteiger charge is -2.32. The van der Waals surface area contributed by atoms with Crippen molar-refractivity contribution in [2.24, 2.45) is 5.41 Å². The summed E-state index contributed by atoms with van der Waals surface area (Å²) < 4.78 is 0. The summed E-state index contributed by atoms with van der Waals surface area (Å²) in [5, 5.41) is 6.24. The molecule has 1 aromatic rings. The van der Waals surface area contributed by atoms with E-state index in [2.05, 4.69) is 38.3 Å². The van der Waals surface area contributed by atoms with Gasteiger partial charge < -0.3 is 15.5 Å². The van der Waals surface area contributed by atoms with E-state index in [9.17, 15) is 9.59 Å². The molecule has 0 aliphatic carbocycles. The minimum Gasteiger partial charge on any atom is -0.352 e. The molecule has 1 unspecified atom stereocenters. The van der Waals surface area contributed by atoms with E-state index in [0.717, 1.165) is 13.1 Å². The van der Waals surface area contributed by atoms with E-state index >= 15 is 0 Å². The minimum atomic E-state index is -0.102. The quantitative estimate of drug-likeness (QED) is 0.895. The van der Waals surface area contributed by atoms with Crippen LogP contribution in [0.15, 0.2) is 24.3 Å². The monoisotopic (exact) mass is 317 g/mol. The lowest BCUT2D eigenvalue weighted by atomic mass is 9.97. The molecule has 1 saturated heterocycles. The molecule has 5 nitrogen and oxygen atoms in total. The summed E-state index contributed by atoms with van der Waals surface area (Å²) in [5.41, 5.74) is 1.26. The van der Waals surface area contributed by atoms with Crippen LogP contribution in [-0.2, 0) is 0 Å². The van der Waals surface area contributed by atoms with Gasteiger partial charge in [-0.15, -0.1) is 0 Å². The van der Waals surface area contributed by atoms with Crippen LogP contribution in [-0.4, -0.2) is 48.9 Å². The van der Waals surface area contributed by atoms with Gasteiger partial charge in [-0.1, -0.05) is 20.8 Å². The summed E-state index contributed by atoms with van der Waals surface area (Å²) in [5.74, 6) is -0.0743. The molecule has 1 aliphatic rings. The molecule has 1 aliphatic heterocycles. The maximum atomic E-state index is 12.5. The third-order valence-electron chi connectivity index (χ3n) is 3.83. The van der Waals surface area contributed by atoms with Crippen LogP contribution in [0.2, 0.25) is 0 Å². The standard InChI is InChI=1S/C18H27N3O2/c1-13-11-21(10-9-19-13)17(23)15-7-5-14(6-8-15)16(22)20-12-18(2,3)4/h5-8,13,19H,9-12H2,1-4H3,(H,20,22). The highest BCUT2D eigenvalue weighted by atomic mass is 16.2. The van der Waals surface area contributed by atoms with Crippen molar-refractivity contribution >= 4 is 11.8 Å². The second-order valence-electron chi connectivity index (χ2n) is 7.43. The molecule has 2 N–H and O–H groups in total. The highest BCUT2D eigenvalue weighted by Gasteiger charge is 2.21. The van der Waals surface area contributed by atoms with Gasteiger partial charge in [0.15, 0.2) is 0 Å². The Morgan fingerprint density at radius 1 is 1.22 bits per heavy atom. The number of hydrogen-bond acceptors (Lipinski definition) is 3. The van der Waals surface area contributed by atoms with Gasteiger partial charge in [0.05, 0.1) is 0 Å². The Bertz CT molecular complexity index is 561. The summed E-state index contributed by atoms with van der Waals surface area (Å²) in [6.45, 7) is 11.2. The van der Waals surface area contributed by atoms with Gasteiger partial charge in [0.2, 0.25) is 0 Å². The Morgan fingerprint density at radius 2 is 1.83 bits per heavy atom. The van der Waals surface area contributed by atoms with Crippen LogP contribution in [0.1, 0.15) is 48.4 Å². The SMILES string of the molecule is CC1CN(C(=O)c2ccc(C(=O)NCC(C)(C)C)cc2)CCN1. The first-order valence-corrected chi connectivity index (χ1v) is 8.17. The summed E-state index contributed by atoms with van der Waals surface area (Å²) in [6.07, 6.45) is 0. The van der Waals surface area contributed by atoms with Crippen molar-refractivity contribution in [3.05, 3.63) is 35.4 Å². The second-order valence-corrected chi connectivity index (χ2v) is 7.43. The molecular formula is C18H27N3O2. The number of benzene rings is 1. The number of nitrogens with one attached hydrogen (secondary N) is 2. The van der Waals surface area contributed by atoms with Gasteiger partial charge in [0.25, 0.3) is 11.8 Å². The third kappa shape index (κ3) is 5.06. The number of nitrogens with zero attached hydrogens (tertiary/aromatic N) is 1. The van der Waals surface area contributed by atoms with Gasteiger partial charge >= 0.3 is 0 Å². The predicted molar refractivity (Wildman–Crippen MR) is 91.6 cm³/mol. The van der Waals surface area contributed by atoms with Crippen LogP contribution in [0.3, 0.4) is 0 Å². The fraction of sp³-hybridized carbons (Fsp3) is 0.556. The molecule has 0 radical (unpaired) electrons. The van der Waals surface area contributed by atoms with Crippen molar-refractivity contribution < 1.29 is 9.59 Å². The predicted octanol–water partition coefficient (Wildman–Crippen LogP) is 1.90. The van der Waals surface area contributed by atoms with Crippen LogP contribution < -0.4 is 10.6 Å². The largest absolute Gasteiger partial charge is 0.352 e. The average Bonchev–Trinajstić information content (AvgIpc) is 2.51. The average molecular weight is 317 g/mol. The Balaban J connectivity index is 1.98. The summed E-state index contributed by atoms with van der Waals surface area (Å²) >= 11 is 0. The molecule has 0 aromatic heterocycles. The van der Waals surface area contributed by atoms with E-state index in [1.54, 1.807) is 24.3 Å². The molecule has 1 aromatic carbocycles. The summed E-state index contributed by atoms with van der Waals surface area (Å²) in [4.78, 5) is 26.4. The topological polar surface area (TPSA) is 61.4 Å². The van der Waals surface area contributed by atoms with E-state index in [4.69, 9.17) is 0 Å². The lowest BCUT2D eigenvalue weighted by Crippen LogP contribution is -2.51.